The molecular formula is C21H20N2O3S. The lowest BCUT2D eigenvalue weighted by Crippen LogP contribution is -2.18. The number of thiophene rings is 1. The molecule has 0 spiro atoms. The minimum absolute atomic E-state index is 0.182. The Labute approximate surface area is 161 Å². The van der Waals surface area contributed by atoms with Crippen LogP contribution in [0.5, 0.6) is 0 Å². The monoisotopic (exact) mass is 380 g/mol. The van der Waals surface area contributed by atoms with Gasteiger partial charge in [-0.3, -0.25) is 9.59 Å². The van der Waals surface area contributed by atoms with Crippen molar-refractivity contribution in [1.82, 2.24) is 0 Å². The van der Waals surface area contributed by atoms with Gasteiger partial charge < -0.3 is 15.1 Å². The van der Waals surface area contributed by atoms with Crippen LogP contribution in [0.3, 0.4) is 0 Å². The number of benzene rings is 1. The summed E-state index contributed by atoms with van der Waals surface area (Å²) < 4.78 is 5.17. The van der Waals surface area contributed by atoms with E-state index in [9.17, 15) is 9.59 Å². The van der Waals surface area contributed by atoms with Crippen LogP contribution in [0.15, 0.2) is 47.1 Å². The molecule has 0 fully saturated rings. The van der Waals surface area contributed by atoms with Crippen molar-refractivity contribution in [1.29, 1.82) is 0 Å². The first-order valence-electron chi connectivity index (χ1n) is 9.00. The zero-order valence-electron chi connectivity index (χ0n) is 15.0. The molecule has 3 aromatic rings. The molecule has 1 aliphatic carbocycles. The van der Waals surface area contributed by atoms with E-state index in [4.69, 9.17) is 4.42 Å². The number of hydrogen-bond acceptors (Lipinski definition) is 4. The predicted molar refractivity (Wildman–Crippen MR) is 107 cm³/mol. The smallest absolute Gasteiger partial charge is 0.291 e. The predicted octanol–water partition coefficient (Wildman–Crippen LogP) is 5.03. The molecule has 0 unspecified atom stereocenters. The van der Waals surface area contributed by atoms with Gasteiger partial charge in [-0.2, -0.15) is 0 Å². The highest BCUT2D eigenvalue weighted by Crippen LogP contribution is 2.39. The van der Waals surface area contributed by atoms with Crippen molar-refractivity contribution in [2.24, 2.45) is 0 Å². The fraction of sp³-hybridized carbons (Fsp3) is 0.238. The molecule has 0 atom stereocenters. The van der Waals surface area contributed by atoms with Gasteiger partial charge in [0.25, 0.3) is 11.8 Å². The number of rotatable bonds is 4. The lowest BCUT2D eigenvalue weighted by molar-refractivity contribution is 0.0997. The lowest BCUT2D eigenvalue weighted by Gasteiger charge is -2.14. The van der Waals surface area contributed by atoms with E-state index in [-0.39, 0.29) is 17.6 Å². The first-order valence-corrected chi connectivity index (χ1v) is 9.81. The molecule has 27 heavy (non-hydrogen) atoms. The maximum atomic E-state index is 13.1. The highest BCUT2D eigenvalue weighted by Gasteiger charge is 2.27. The van der Waals surface area contributed by atoms with E-state index in [0.29, 0.717) is 10.6 Å². The van der Waals surface area contributed by atoms with Crippen LogP contribution in [-0.4, -0.2) is 11.8 Å². The number of carbonyl (C=O) groups is 2. The number of carbonyl (C=O) groups excluding carboxylic acids is 2. The molecule has 2 aromatic heterocycles. The highest BCUT2D eigenvalue weighted by molar-refractivity contribution is 7.17. The number of furan rings is 1. The average Bonchev–Trinajstić information content (AvgIpc) is 3.31. The summed E-state index contributed by atoms with van der Waals surface area (Å²) in [4.78, 5) is 26.7. The number of hydrogen-bond donors (Lipinski definition) is 2. The van der Waals surface area contributed by atoms with Gasteiger partial charge in [0, 0.05) is 10.6 Å². The zero-order valence-corrected chi connectivity index (χ0v) is 15.8. The Bertz CT molecular complexity index is 989. The third-order valence-electron chi connectivity index (χ3n) is 4.76. The van der Waals surface area contributed by atoms with Crippen LogP contribution in [0.1, 0.15) is 49.8 Å². The molecule has 1 aliphatic rings. The van der Waals surface area contributed by atoms with Gasteiger partial charge in [-0.25, -0.2) is 0 Å². The van der Waals surface area contributed by atoms with E-state index in [1.54, 1.807) is 12.1 Å². The zero-order chi connectivity index (χ0) is 18.8. The average molecular weight is 380 g/mol. The van der Waals surface area contributed by atoms with E-state index in [1.165, 1.54) is 22.5 Å². The molecular weight excluding hydrogens is 360 g/mol. The molecule has 0 bridgehead atoms. The van der Waals surface area contributed by atoms with E-state index in [2.05, 4.69) is 10.6 Å². The first-order chi connectivity index (χ1) is 13.1. The fourth-order valence-electron chi connectivity index (χ4n) is 3.36. The number of para-hydroxylation sites is 1. The van der Waals surface area contributed by atoms with Crippen LogP contribution in [0.2, 0.25) is 0 Å². The highest BCUT2D eigenvalue weighted by atomic mass is 32.1. The maximum absolute atomic E-state index is 13.1. The molecule has 1 aromatic carbocycles. The number of amides is 2. The second-order valence-electron chi connectivity index (χ2n) is 6.62. The van der Waals surface area contributed by atoms with E-state index in [1.807, 2.05) is 31.2 Å². The standard InChI is InChI=1S/C21H20N2O3S/c1-13-7-2-4-9-15(13)22-20(25)18-14-8-3-5-11-17(14)27-21(18)23-19(24)16-10-6-12-26-16/h2,4,6-7,9-10,12H,3,5,8,11H2,1H3,(H,22,25)(H,23,24). The molecule has 5 nitrogen and oxygen atoms in total. The maximum Gasteiger partial charge on any atom is 0.291 e. The molecule has 138 valence electrons. The van der Waals surface area contributed by atoms with Crippen LogP contribution in [0, 0.1) is 6.92 Å². The van der Waals surface area contributed by atoms with Gasteiger partial charge in [0.2, 0.25) is 0 Å². The minimum atomic E-state index is -0.344. The Hall–Kier alpha value is -2.86. The summed E-state index contributed by atoms with van der Waals surface area (Å²) in [6.45, 7) is 1.96. The Morgan fingerprint density at radius 2 is 1.81 bits per heavy atom. The SMILES string of the molecule is Cc1ccccc1NC(=O)c1c(NC(=O)c2ccco2)sc2c1CCCC2. The Morgan fingerprint density at radius 1 is 1.00 bits per heavy atom. The third kappa shape index (κ3) is 3.53. The second kappa shape index (κ2) is 7.40. The summed E-state index contributed by atoms with van der Waals surface area (Å²) in [6, 6.07) is 10.9. The Morgan fingerprint density at radius 3 is 2.59 bits per heavy atom. The summed E-state index contributed by atoms with van der Waals surface area (Å²) in [5, 5.41) is 6.47. The normalized spacial score (nSPS) is 13.1. The van der Waals surface area contributed by atoms with Crippen LogP contribution in [0.4, 0.5) is 10.7 Å². The summed E-state index contributed by atoms with van der Waals surface area (Å²) in [6.07, 6.45) is 5.43. The van der Waals surface area contributed by atoms with E-state index in [0.717, 1.165) is 42.5 Å². The summed E-state index contributed by atoms with van der Waals surface area (Å²) in [5.74, 6) is -0.298. The van der Waals surface area contributed by atoms with Crippen molar-refractivity contribution in [2.45, 2.75) is 32.6 Å². The van der Waals surface area contributed by atoms with Crippen LogP contribution in [0.25, 0.3) is 0 Å². The second-order valence-corrected chi connectivity index (χ2v) is 7.72. The quantitative estimate of drug-likeness (QED) is 0.667. The van der Waals surface area contributed by atoms with Crippen molar-refractivity contribution in [3.63, 3.8) is 0 Å². The summed E-state index contributed by atoms with van der Waals surface area (Å²) in [5.41, 5.74) is 3.42. The van der Waals surface area contributed by atoms with Crippen molar-refractivity contribution in [3.05, 3.63) is 70.0 Å². The van der Waals surface area contributed by atoms with Gasteiger partial charge in [0.1, 0.15) is 5.00 Å². The number of fused-ring (bicyclic) bond motifs is 1. The van der Waals surface area contributed by atoms with Gasteiger partial charge in [0.05, 0.1) is 11.8 Å². The van der Waals surface area contributed by atoms with Crippen molar-refractivity contribution < 1.29 is 14.0 Å². The van der Waals surface area contributed by atoms with Gasteiger partial charge in [-0.05, 0) is 61.9 Å². The van der Waals surface area contributed by atoms with Crippen LogP contribution in [-0.2, 0) is 12.8 Å². The Balaban J connectivity index is 1.67. The van der Waals surface area contributed by atoms with Crippen LogP contribution < -0.4 is 10.6 Å². The lowest BCUT2D eigenvalue weighted by atomic mass is 9.95. The van der Waals surface area contributed by atoms with Gasteiger partial charge in [0.15, 0.2) is 5.76 Å². The van der Waals surface area contributed by atoms with Crippen molar-refractivity contribution in [3.8, 4) is 0 Å². The molecule has 4 rings (SSSR count). The molecule has 0 radical (unpaired) electrons. The number of anilines is 2. The fourth-order valence-corrected chi connectivity index (χ4v) is 4.65. The van der Waals surface area contributed by atoms with Crippen LogP contribution >= 0.6 is 11.3 Å². The Kier molecular flexibility index (Phi) is 4.81. The number of aryl methyl sites for hydroxylation is 2. The van der Waals surface area contributed by atoms with Crippen molar-refractivity contribution >= 4 is 33.8 Å². The molecule has 0 saturated heterocycles. The van der Waals surface area contributed by atoms with Gasteiger partial charge >= 0.3 is 0 Å². The van der Waals surface area contributed by atoms with Gasteiger partial charge in [-0.15, -0.1) is 11.3 Å². The molecule has 2 amide bonds. The van der Waals surface area contributed by atoms with Crippen molar-refractivity contribution in [2.75, 3.05) is 10.6 Å². The topological polar surface area (TPSA) is 71.3 Å². The molecule has 0 saturated carbocycles. The molecule has 6 heteroatoms. The van der Waals surface area contributed by atoms with Gasteiger partial charge in [-0.1, -0.05) is 18.2 Å². The summed E-state index contributed by atoms with van der Waals surface area (Å²) >= 11 is 1.50. The summed E-state index contributed by atoms with van der Waals surface area (Å²) in [7, 11) is 0. The van der Waals surface area contributed by atoms with E-state index >= 15 is 0 Å². The molecule has 2 N–H and O–H groups in total. The molecule has 2 heterocycles. The first kappa shape index (κ1) is 17.5. The third-order valence-corrected chi connectivity index (χ3v) is 5.97. The largest absolute Gasteiger partial charge is 0.459 e. The van der Waals surface area contributed by atoms with E-state index < -0.39 is 0 Å². The molecule has 0 aliphatic heterocycles. The number of nitrogens with one attached hydrogen (secondary N) is 2. The minimum Gasteiger partial charge on any atom is -0.459 e.